The van der Waals surface area contributed by atoms with E-state index in [2.05, 4.69) is 4.90 Å². The summed E-state index contributed by atoms with van der Waals surface area (Å²) < 4.78 is 5.62. The van der Waals surface area contributed by atoms with Crippen LogP contribution in [0.2, 0.25) is 5.02 Å². The van der Waals surface area contributed by atoms with E-state index in [1.807, 2.05) is 39.8 Å². The van der Waals surface area contributed by atoms with Crippen LogP contribution in [0.25, 0.3) is 0 Å². The Morgan fingerprint density at radius 2 is 1.74 bits per heavy atom. The number of ether oxygens (including phenoxy) is 1. The molecule has 3 unspecified atom stereocenters. The molecule has 3 atom stereocenters. The molecule has 0 aromatic heterocycles. The summed E-state index contributed by atoms with van der Waals surface area (Å²) in [5.74, 6) is 1.37. The minimum atomic E-state index is -0.224. The number of carbonyl (C=O) groups excluding carboxylic acids is 3. The van der Waals surface area contributed by atoms with Crippen molar-refractivity contribution < 1.29 is 19.1 Å². The molecule has 38 heavy (non-hydrogen) atoms. The van der Waals surface area contributed by atoms with E-state index < -0.39 is 0 Å². The molecule has 8 nitrogen and oxygen atoms in total. The van der Waals surface area contributed by atoms with E-state index in [1.54, 1.807) is 6.92 Å². The molecule has 3 amide bonds. The Morgan fingerprint density at radius 1 is 1.03 bits per heavy atom. The zero-order valence-electron chi connectivity index (χ0n) is 22.7. The molecule has 1 aromatic rings. The number of nitrogens with zero attached hydrogens (tertiary/aromatic N) is 4. The minimum absolute atomic E-state index is 0.0767. The number of carbonyl (C=O) groups is 3. The lowest BCUT2D eigenvalue weighted by Gasteiger charge is -2.34. The molecule has 0 aliphatic carbocycles. The Morgan fingerprint density at radius 3 is 2.34 bits per heavy atom. The van der Waals surface area contributed by atoms with Crippen LogP contribution in [0, 0.1) is 24.7 Å². The van der Waals surface area contributed by atoms with Gasteiger partial charge in [-0.3, -0.25) is 14.4 Å². The lowest BCUT2D eigenvalue weighted by atomic mass is 9.94. The number of anilines is 1. The molecule has 9 heteroatoms. The van der Waals surface area contributed by atoms with Crippen molar-refractivity contribution in [3.63, 3.8) is 0 Å². The van der Waals surface area contributed by atoms with E-state index in [9.17, 15) is 14.4 Å². The Bertz CT molecular complexity index is 1020. The van der Waals surface area contributed by atoms with Crippen LogP contribution in [-0.2, 0) is 19.1 Å². The first kappa shape index (κ1) is 27.4. The number of amides is 3. The molecule has 0 radical (unpaired) electrons. The van der Waals surface area contributed by atoms with E-state index in [0.717, 1.165) is 63.2 Å². The molecule has 4 fully saturated rings. The van der Waals surface area contributed by atoms with Crippen molar-refractivity contribution in [2.45, 2.75) is 52.1 Å². The van der Waals surface area contributed by atoms with Crippen LogP contribution in [0.15, 0.2) is 18.2 Å². The number of rotatable bonds is 7. The summed E-state index contributed by atoms with van der Waals surface area (Å²) in [7, 11) is 0. The van der Waals surface area contributed by atoms with Crippen LogP contribution < -0.4 is 4.90 Å². The number of benzene rings is 1. The zero-order valence-corrected chi connectivity index (χ0v) is 23.5. The van der Waals surface area contributed by atoms with E-state index >= 15 is 0 Å². The highest BCUT2D eigenvalue weighted by Crippen LogP contribution is 2.33. The number of likely N-dealkylation sites (tertiary alicyclic amines) is 3. The Kier molecular flexibility index (Phi) is 8.60. The van der Waals surface area contributed by atoms with Crippen LogP contribution in [-0.4, -0.2) is 97.5 Å². The standard InChI is InChI=1S/C29H41ClN4O4/c1-20-6-7-25(15-26(20)30)34(28(36)22-8-12-32(13-9-22)21(2)35)11-4-10-31-16-23-18-33(19-24(23)17-31)29(37)27-5-3-14-38-27/h6-7,15,22-24,27H,3-5,8-14,16-19H2,1-2H3. The first-order chi connectivity index (χ1) is 18.3. The van der Waals surface area contributed by atoms with Crippen molar-refractivity contribution in [3.05, 3.63) is 28.8 Å². The third-order valence-electron chi connectivity index (χ3n) is 8.96. The molecule has 1 aromatic carbocycles. The van der Waals surface area contributed by atoms with Gasteiger partial charge in [-0.2, -0.15) is 0 Å². The topological polar surface area (TPSA) is 73.4 Å². The first-order valence-electron chi connectivity index (χ1n) is 14.3. The van der Waals surface area contributed by atoms with Crippen molar-refractivity contribution in [2.75, 3.05) is 63.9 Å². The summed E-state index contributed by atoms with van der Waals surface area (Å²) >= 11 is 6.44. The normalized spacial score (nSPS) is 26.1. The van der Waals surface area contributed by atoms with Crippen molar-refractivity contribution in [2.24, 2.45) is 17.8 Å². The highest BCUT2D eigenvalue weighted by molar-refractivity contribution is 6.31. The van der Waals surface area contributed by atoms with Crippen LogP contribution >= 0.6 is 11.6 Å². The number of piperidine rings is 1. The lowest BCUT2D eigenvalue weighted by Crippen LogP contribution is -2.44. The molecule has 4 aliphatic rings. The van der Waals surface area contributed by atoms with Gasteiger partial charge in [-0.25, -0.2) is 0 Å². The predicted molar refractivity (Wildman–Crippen MR) is 147 cm³/mol. The number of fused-ring (bicyclic) bond motifs is 1. The largest absolute Gasteiger partial charge is 0.368 e. The number of hydrogen-bond acceptors (Lipinski definition) is 5. The maximum absolute atomic E-state index is 13.7. The van der Waals surface area contributed by atoms with E-state index in [0.29, 0.717) is 55.9 Å². The Balaban J connectivity index is 1.15. The fraction of sp³-hybridized carbons (Fsp3) is 0.690. The molecule has 4 aliphatic heterocycles. The van der Waals surface area contributed by atoms with Gasteiger partial charge in [-0.05, 0) is 75.1 Å². The van der Waals surface area contributed by atoms with E-state index in [-0.39, 0.29) is 29.7 Å². The molecule has 0 spiro atoms. The second kappa shape index (κ2) is 11.9. The molecule has 0 N–H and O–H groups in total. The van der Waals surface area contributed by atoms with Gasteiger partial charge in [-0.1, -0.05) is 17.7 Å². The molecule has 5 rings (SSSR count). The monoisotopic (exact) mass is 544 g/mol. The van der Waals surface area contributed by atoms with E-state index in [4.69, 9.17) is 16.3 Å². The summed E-state index contributed by atoms with van der Waals surface area (Å²) in [6.07, 6.45) is 3.89. The molecular weight excluding hydrogens is 504 g/mol. The summed E-state index contributed by atoms with van der Waals surface area (Å²) in [5, 5.41) is 0.668. The number of halogens is 1. The van der Waals surface area contributed by atoms with Gasteiger partial charge in [0, 0.05) is 76.0 Å². The van der Waals surface area contributed by atoms with Gasteiger partial charge in [0.15, 0.2) is 0 Å². The number of hydrogen-bond donors (Lipinski definition) is 0. The number of aryl methyl sites for hydroxylation is 1. The molecule has 0 saturated carbocycles. The molecule has 208 valence electrons. The molecule has 4 saturated heterocycles. The summed E-state index contributed by atoms with van der Waals surface area (Å²) in [4.78, 5) is 46.4. The van der Waals surface area contributed by atoms with Crippen molar-refractivity contribution >= 4 is 35.0 Å². The lowest BCUT2D eigenvalue weighted by molar-refractivity contribution is -0.140. The second-order valence-electron chi connectivity index (χ2n) is 11.6. The maximum atomic E-state index is 13.7. The quantitative estimate of drug-likeness (QED) is 0.527. The van der Waals surface area contributed by atoms with Crippen molar-refractivity contribution in [1.29, 1.82) is 0 Å². The minimum Gasteiger partial charge on any atom is -0.368 e. The molecule has 4 heterocycles. The van der Waals surface area contributed by atoms with Crippen LogP contribution in [0.1, 0.15) is 44.6 Å². The van der Waals surface area contributed by atoms with Crippen LogP contribution in [0.3, 0.4) is 0 Å². The SMILES string of the molecule is CC(=O)N1CCC(C(=O)N(CCCN2CC3CN(C(=O)C4CCCO4)CC3C2)c2ccc(C)c(Cl)c2)CC1. The van der Waals surface area contributed by atoms with Gasteiger partial charge in [0.2, 0.25) is 11.8 Å². The van der Waals surface area contributed by atoms with E-state index in [1.165, 1.54) is 0 Å². The smallest absolute Gasteiger partial charge is 0.251 e. The average Bonchev–Trinajstić information content (AvgIpc) is 3.65. The molecular formula is C29H41ClN4O4. The van der Waals surface area contributed by atoms with Crippen LogP contribution in [0.5, 0.6) is 0 Å². The van der Waals surface area contributed by atoms with Gasteiger partial charge < -0.3 is 24.3 Å². The zero-order chi connectivity index (χ0) is 26.8. The van der Waals surface area contributed by atoms with Gasteiger partial charge in [0.1, 0.15) is 6.10 Å². The third kappa shape index (κ3) is 6.02. The summed E-state index contributed by atoms with van der Waals surface area (Å²) in [6.45, 7) is 10.8. The maximum Gasteiger partial charge on any atom is 0.251 e. The first-order valence-corrected chi connectivity index (χ1v) is 14.6. The van der Waals surface area contributed by atoms with Gasteiger partial charge in [-0.15, -0.1) is 0 Å². The van der Waals surface area contributed by atoms with Crippen LogP contribution in [0.4, 0.5) is 5.69 Å². The molecule has 0 bridgehead atoms. The second-order valence-corrected chi connectivity index (χ2v) is 12.0. The highest BCUT2D eigenvalue weighted by Gasteiger charge is 2.43. The van der Waals surface area contributed by atoms with Gasteiger partial charge >= 0.3 is 0 Å². The van der Waals surface area contributed by atoms with Gasteiger partial charge in [0.05, 0.1) is 0 Å². The fourth-order valence-electron chi connectivity index (χ4n) is 6.66. The predicted octanol–water partition coefficient (Wildman–Crippen LogP) is 3.20. The Labute approximate surface area is 231 Å². The summed E-state index contributed by atoms with van der Waals surface area (Å²) in [6, 6.07) is 5.87. The van der Waals surface area contributed by atoms with Crippen molar-refractivity contribution in [3.8, 4) is 0 Å². The third-order valence-corrected chi connectivity index (χ3v) is 9.36. The van der Waals surface area contributed by atoms with Crippen molar-refractivity contribution in [1.82, 2.24) is 14.7 Å². The summed E-state index contributed by atoms with van der Waals surface area (Å²) in [5.41, 5.74) is 1.84. The average molecular weight is 545 g/mol. The van der Waals surface area contributed by atoms with Gasteiger partial charge in [0.25, 0.3) is 5.91 Å². The fourth-order valence-corrected chi connectivity index (χ4v) is 6.83. The highest BCUT2D eigenvalue weighted by atomic mass is 35.5. The Hall–Kier alpha value is -2.16.